The van der Waals surface area contributed by atoms with Crippen LogP contribution in [-0.4, -0.2) is 45.9 Å². The molecular weight excluding hydrogens is 392 g/mol. The Morgan fingerprint density at radius 1 is 1.17 bits per heavy atom. The predicted molar refractivity (Wildman–Crippen MR) is 116 cm³/mol. The molecule has 0 atom stereocenters. The average molecular weight is 423 g/mol. The van der Waals surface area contributed by atoms with Crippen molar-refractivity contribution >= 4 is 21.7 Å². The molecule has 160 valence electrons. The van der Waals surface area contributed by atoms with Crippen molar-refractivity contribution in [3.63, 3.8) is 0 Å². The molecule has 3 N–H and O–H groups in total. The van der Waals surface area contributed by atoms with E-state index in [1.54, 1.807) is 13.2 Å². The van der Waals surface area contributed by atoms with Crippen molar-refractivity contribution in [3.8, 4) is 5.75 Å². The van der Waals surface area contributed by atoms with Gasteiger partial charge in [0, 0.05) is 25.2 Å². The number of anilines is 1. The van der Waals surface area contributed by atoms with E-state index in [0.717, 1.165) is 17.2 Å². The molecule has 0 aliphatic rings. The van der Waals surface area contributed by atoms with E-state index in [9.17, 15) is 8.42 Å². The van der Waals surface area contributed by atoms with Crippen molar-refractivity contribution in [3.05, 3.63) is 48.4 Å². The lowest BCUT2D eigenvalue weighted by Gasteiger charge is -2.14. The van der Waals surface area contributed by atoms with E-state index in [1.807, 2.05) is 50.2 Å². The summed E-state index contributed by atoms with van der Waals surface area (Å²) in [6.45, 7) is 6.72. The van der Waals surface area contributed by atoms with Crippen molar-refractivity contribution in [2.24, 2.45) is 4.99 Å². The minimum atomic E-state index is -3.22. The highest BCUT2D eigenvalue weighted by atomic mass is 32.2. The van der Waals surface area contributed by atoms with Gasteiger partial charge in [0.2, 0.25) is 10.0 Å². The molecule has 8 nitrogen and oxygen atoms in total. The van der Waals surface area contributed by atoms with Gasteiger partial charge in [0.05, 0.1) is 24.7 Å². The fourth-order valence-corrected chi connectivity index (χ4v) is 3.00. The third kappa shape index (κ3) is 9.01. The number of nitrogens with zero attached hydrogens (tertiary/aromatic N) is 1. The second-order valence-corrected chi connectivity index (χ2v) is 8.70. The molecule has 0 aliphatic heterocycles. The highest BCUT2D eigenvalue weighted by molar-refractivity contribution is 7.89. The van der Waals surface area contributed by atoms with E-state index in [4.69, 9.17) is 9.15 Å². The summed E-state index contributed by atoms with van der Waals surface area (Å²) in [5.41, 5.74) is 0.847. The number of sulfonamides is 1. The van der Waals surface area contributed by atoms with Gasteiger partial charge >= 0.3 is 0 Å². The Bertz CT molecular complexity index is 847. The van der Waals surface area contributed by atoms with Crippen LogP contribution in [0, 0.1) is 0 Å². The number of ether oxygens (including phenoxy) is 1. The van der Waals surface area contributed by atoms with Crippen LogP contribution in [0.2, 0.25) is 0 Å². The Labute approximate surface area is 172 Å². The molecule has 0 fully saturated rings. The summed E-state index contributed by atoms with van der Waals surface area (Å²) >= 11 is 0. The van der Waals surface area contributed by atoms with E-state index in [1.165, 1.54) is 0 Å². The van der Waals surface area contributed by atoms with Gasteiger partial charge in [-0.1, -0.05) is 0 Å². The first kappa shape index (κ1) is 22.8. The molecule has 1 aromatic carbocycles. The number of guanidine groups is 1. The summed E-state index contributed by atoms with van der Waals surface area (Å²) in [7, 11) is -3.22. The van der Waals surface area contributed by atoms with Gasteiger partial charge in [-0.25, -0.2) is 13.1 Å². The SMILES string of the molecule is CCS(=O)(=O)NCCN=C(NCCc1ccco1)Nc1ccc(OC(C)C)cc1. The highest BCUT2D eigenvalue weighted by Crippen LogP contribution is 2.16. The Morgan fingerprint density at radius 2 is 1.93 bits per heavy atom. The summed E-state index contributed by atoms with van der Waals surface area (Å²) in [4.78, 5) is 4.45. The van der Waals surface area contributed by atoms with Gasteiger partial charge in [-0.2, -0.15) is 0 Å². The standard InChI is InChI=1S/C20H30N4O4S/c1-4-29(25,26)23-14-13-22-20(21-12-11-18-6-5-15-27-18)24-17-7-9-19(10-8-17)28-16(2)3/h5-10,15-16,23H,4,11-14H2,1-3H3,(H2,21,22,24). The zero-order chi connectivity index (χ0) is 21.1. The topological polar surface area (TPSA) is 105 Å². The zero-order valence-corrected chi connectivity index (χ0v) is 18.0. The van der Waals surface area contributed by atoms with Crippen LogP contribution >= 0.6 is 0 Å². The molecule has 2 rings (SSSR count). The molecule has 29 heavy (non-hydrogen) atoms. The van der Waals surface area contributed by atoms with Crippen LogP contribution in [0.5, 0.6) is 5.75 Å². The second kappa shape index (κ2) is 11.5. The average Bonchev–Trinajstić information content (AvgIpc) is 3.19. The fraction of sp³-hybridized carbons (Fsp3) is 0.450. The molecule has 0 spiro atoms. The van der Waals surface area contributed by atoms with Crippen LogP contribution in [0.1, 0.15) is 26.5 Å². The van der Waals surface area contributed by atoms with Crippen molar-refractivity contribution in [1.29, 1.82) is 0 Å². The van der Waals surface area contributed by atoms with E-state index in [2.05, 4.69) is 20.3 Å². The third-order valence-electron chi connectivity index (χ3n) is 3.82. The van der Waals surface area contributed by atoms with Crippen LogP contribution in [0.15, 0.2) is 52.1 Å². The second-order valence-electron chi connectivity index (χ2n) is 6.60. The summed E-state index contributed by atoms with van der Waals surface area (Å²) in [6.07, 6.45) is 2.46. The van der Waals surface area contributed by atoms with Crippen LogP contribution in [0.4, 0.5) is 5.69 Å². The molecule has 0 radical (unpaired) electrons. The van der Waals surface area contributed by atoms with Gasteiger partial charge in [-0.15, -0.1) is 0 Å². The van der Waals surface area contributed by atoms with E-state index in [-0.39, 0.29) is 18.4 Å². The molecule has 0 amide bonds. The Hall–Kier alpha value is -2.52. The van der Waals surface area contributed by atoms with Crippen molar-refractivity contribution in [1.82, 2.24) is 10.0 Å². The lowest BCUT2D eigenvalue weighted by atomic mass is 10.3. The maximum Gasteiger partial charge on any atom is 0.211 e. The van der Waals surface area contributed by atoms with E-state index < -0.39 is 10.0 Å². The van der Waals surface area contributed by atoms with Crippen LogP contribution in [0.3, 0.4) is 0 Å². The van der Waals surface area contributed by atoms with Crippen molar-refractivity contribution < 1.29 is 17.6 Å². The molecule has 0 saturated carbocycles. The minimum Gasteiger partial charge on any atom is -0.491 e. The predicted octanol–water partition coefficient (Wildman–Crippen LogP) is 2.61. The maximum absolute atomic E-state index is 11.5. The van der Waals surface area contributed by atoms with Gasteiger partial charge in [-0.3, -0.25) is 4.99 Å². The fourth-order valence-electron chi connectivity index (χ4n) is 2.40. The summed E-state index contributed by atoms with van der Waals surface area (Å²) in [6, 6.07) is 11.3. The lowest BCUT2D eigenvalue weighted by molar-refractivity contribution is 0.242. The molecule has 9 heteroatoms. The number of nitrogens with one attached hydrogen (secondary N) is 3. The first-order chi connectivity index (χ1) is 13.9. The summed E-state index contributed by atoms with van der Waals surface area (Å²) in [5.74, 6) is 2.28. The number of hydrogen-bond acceptors (Lipinski definition) is 5. The summed E-state index contributed by atoms with van der Waals surface area (Å²) in [5, 5.41) is 6.46. The molecular formula is C20H30N4O4S. The molecule has 1 aromatic heterocycles. The minimum absolute atomic E-state index is 0.0496. The number of hydrogen-bond donors (Lipinski definition) is 3. The van der Waals surface area contributed by atoms with Gasteiger partial charge in [0.25, 0.3) is 0 Å². The monoisotopic (exact) mass is 422 g/mol. The number of rotatable bonds is 11. The van der Waals surface area contributed by atoms with Gasteiger partial charge < -0.3 is 19.8 Å². The number of furan rings is 1. The van der Waals surface area contributed by atoms with E-state index >= 15 is 0 Å². The van der Waals surface area contributed by atoms with Gasteiger partial charge in [0.15, 0.2) is 5.96 Å². The zero-order valence-electron chi connectivity index (χ0n) is 17.1. The van der Waals surface area contributed by atoms with Gasteiger partial charge in [0.1, 0.15) is 11.5 Å². The normalized spacial score (nSPS) is 12.2. The molecule has 2 aromatic rings. The lowest BCUT2D eigenvalue weighted by Crippen LogP contribution is -2.34. The van der Waals surface area contributed by atoms with Crippen LogP contribution in [-0.2, 0) is 16.4 Å². The highest BCUT2D eigenvalue weighted by Gasteiger charge is 2.06. The van der Waals surface area contributed by atoms with Gasteiger partial charge in [-0.05, 0) is 57.2 Å². The molecule has 0 unspecified atom stereocenters. The Balaban J connectivity index is 1.95. The van der Waals surface area contributed by atoms with Crippen LogP contribution in [0.25, 0.3) is 0 Å². The number of benzene rings is 1. The Kier molecular flexibility index (Phi) is 9.01. The summed E-state index contributed by atoms with van der Waals surface area (Å²) < 4.78 is 36.6. The van der Waals surface area contributed by atoms with E-state index in [0.29, 0.717) is 25.5 Å². The first-order valence-corrected chi connectivity index (χ1v) is 11.3. The Morgan fingerprint density at radius 3 is 2.55 bits per heavy atom. The molecule has 0 aliphatic carbocycles. The van der Waals surface area contributed by atoms with Crippen molar-refractivity contribution in [2.75, 3.05) is 30.7 Å². The van der Waals surface area contributed by atoms with Crippen LogP contribution < -0.4 is 20.1 Å². The quantitative estimate of drug-likeness (QED) is 0.292. The molecule has 1 heterocycles. The maximum atomic E-state index is 11.5. The first-order valence-electron chi connectivity index (χ1n) is 9.69. The number of aliphatic imine (C=N–C) groups is 1. The smallest absolute Gasteiger partial charge is 0.211 e. The van der Waals surface area contributed by atoms with Crippen molar-refractivity contribution in [2.45, 2.75) is 33.3 Å². The third-order valence-corrected chi connectivity index (χ3v) is 5.22. The molecule has 0 bridgehead atoms. The molecule has 0 saturated heterocycles. The largest absolute Gasteiger partial charge is 0.491 e.